The van der Waals surface area contributed by atoms with Gasteiger partial charge in [-0.3, -0.25) is 4.40 Å². The fourth-order valence-corrected chi connectivity index (χ4v) is 3.18. The Balaban J connectivity index is 2.14. The van der Waals surface area contributed by atoms with Crippen molar-refractivity contribution in [1.82, 2.24) is 9.38 Å². The molecule has 0 aliphatic carbocycles. The van der Waals surface area contributed by atoms with Crippen LogP contribution in [0.5, 0.6) is 0 Å². The summed E-state index contributed by atoms with van der Waals surface area (Å²) in [6.07, 6.45) is 2.41. The van der Waals surface area contributed by atoms with Gasteiger partial charge in [0.25, 0.3) is 0 Å². The number of hydrogen-bond donors (Lipinski definition) is 1. The van der Waals surface area contributed by atoms with Crippen LogP contribution in [0, 0.1) is 5.82 Å². The molecule has 1 N–H and O–H groups in total. The smallest absolute Gasteiger partial charge is 0.347 e. The first-order chi connectivity index (χ1) is 9.60. The van der Waals surface area contributed by atoms with Crippen LogP contribution in [-0.2, 0) is 6.42 Å². The quantitative estimate of drug-likeness (QED) is 0.803. The van der Waals surface area contributed by atoms with E-state index in [0.29, 0.717) is 22.0 Å². The van der Waals surface area contributed by atoms with Crippen LogP contribution >= 0.6 is 11.3 Å². The Kier molecular flexibility index (Phi) is 3.02. The predicted octanol–water partition coefficient (Wildman–Crippen LogP) is 3.46. The lowest BCUT2D eigenvalue weighted by molar-refractivity contribution is 0.0700. The number of benzene rings is 1. The molecule has 0 atom stereocenters. The Morgan fingerprint density at radius 3 is 2.70 bits per heavy atom. The van der Waals surface area contributed by atoms with Crippen LogP contribution in [0.25, 0.3) is 16.2 Å². The zero-order valence-electron chi connectivity index (χ0n) is 10.6. The third kappa shape index (κ3) is 1.98. The second-order valence-electron chi connectivity index (χ2n) is 4.32. The van der Waals surface area contributed by atoms with Gasteiger partial charge in [0.1, 0.15) is 10.7 Å². The lowest BCUT2D eigenvalue weighted by atomic mass is 10.2. The predicted molar refractivity (Wildman–Crippen MR) is 74.8 cm³/mol. The minimum absolute atomic E-state index is 0.294. The summed E-state index contributed by atoms with van der Waals surface area (Å²) in [4.78, 5) is 16.5. The highest BCUT2D eigenvalue weighted by Gasteiger charge is 2.18. The molecule has 0 radical (unpaired) electrons. The number of imidazole rings is 1. The van der Waals surface area contributed by atoms with E-state index in [4.69, 9.17) is 5.11 Å². The van der Waals surface area contributed by atoms with E-state index < -0.39 is 5.97 Å². The third-order valence-electron chi connectivity index (χ3n) is 3.09. The second-order valence-corrected chi connectivity index (χ2v) is 5.30. The van der Waals surface area contributed by atoms with Crippen LogP contribution in [0.4, 0.5) is 4.39 Å². The first-order valence-corrected chi connectivity index (χ1v) is 6.91. The molecule has 3 aromatic rings. The normalized spacial score (nSPS) is 11.1. The minimum atomic E-state index is -0.930. The molecule has 0 fully saturated rings. The van der Waals surface area contributed by atoms with Gasteiger partial charge in [-0.1, -0.05) is 18.3 Å². The van der Waals surface area contributed by atoms with E-state index in [1.54, 1.807) is 22.7 Å². The van der Waals surface area contributed by atoms with Gasteiger partial charge in [-0.05, 0) is 30.7 Å². The van der Waals surface area contributed by atoms with Crippen molar-refractivity contribution in [3.63, 3.8) is 0 Å². The number of thiazole rings is 1. The molecule has 0 saturated carbocycles. The van der Waals surface area contributed by atoms with Crippen molar-refractivity contribution in [1.29, 1.82) is 0 Å². The first-order valence-electron chi connectivity index (χ1n) is 6.10. The van der Waals surface area contributed by atoms with E-state index in [1.165, 1.54) is 12.1 Å². The maximum Gasteiger partial charge on any atom is 0.347 e. The summed E-state index contributed by atoms with van der Waals surface area (Å²) in [5, 5.41) is 9.16. The molecule has 1 aromatic carbocycles. The highest BCUT2D eigenvalue weighted by Crippen LogP contribution is 2.28. The number of carbonyl (C=O) groups is 1. The monoisotopic (exact) mass is 290 g/mol. The number of halogens is 1. The van der Waals surface area contributed by atoms with E-state index in [-0.39, 0.29) is 5.82 Å². The molecule has 0 bridgehead atoms. The minimum Gasteiger partial charge on any atom is -0.477 e. The molecule has 4 nitrogen and oxygen atoms in total. The van der Waals surface area contributed by atoms with Gasteiger partial charge in [0, 0.05) is 17.5 Å². The Bertz CT molecular complexity index is 789. The molecule has 6 heteroatoms. The molecule has 0 unspecified atom stereocenters. The Labute approximate surface area is 118 Å². The number of hydrogen-bond acceptors (Lipinski definition) is 3. The van der Waals surface area contributed by atoms with Crippen LogP contribution in [0.3, 0.4) is 0 Å². The lowest BCUT2D eigenvalue weighted by Crippen LogP contribution is -1.99. The molecular formula is C14H11FN2O2S. The van der Waals surface area contributed by atoms with E-state index in [0.717, 1.165) is 22.6 Å². The molecule has 2 aromatic heterocycles. The van der Waals surface area contributed by atoms with Crippen molar-refractivity contribution in [2.75, 3.05) is 0 Å². The van der Waals surface area contributed by atoms with Crippen molar-refractivity contribution >= 4 is 22.3 Å². The van der Waals surface area contributed by atoms with Gasteiger partial charge in [-0.25, -0.2) is 14.2 Å². The molecule has 0 aliphatic heterocycles. The van der Waals surface area contributed by atoms with Crippen LogP contribution in [0.1, 0.15) is 22.3 Å². The van der Waals surface area contributed by atoms with E-state index >= 15 is 0 Å². The summed E-state index contributed by atoms with van der Waals surface area (Å²) in [7, 11) is 0. The van der Waals surface area contributed by atoms with Crippen LogP contribution < -0.4 is 0 Å². The summed E-state index contributed by atoms with van der Waals surface area (Å²) >= 11 is 1.15. The van der Waals surface area contributed by atoms with Crippen LogP contribution in [0.2, 0.25) is 0 Å². The van der Waals surface area contributed by atoms with Gasteiger partial charge in [0.15, 0.2) is 4.96 Å². The van der Waals surface area contributed by atoms with Gasteiger partial charge >= 0.3 is 5.97 Å². The number of nitrogens with zero attached hydrogens (tertiary/aromatic N) is 2. The average Bonchev–Trinajstić information content (AvgIpc) is 2.96. The maximum atomic E-state index is 12.9. The fraction of sp³-hybridized carbons (Fsp3) is 0.143. The van der Waals surface area contributed by atoms with Gasteiger partial charge < -0.3 is 5.11 Å². The highest BCUT2D eigenvalue weighted by molar-refractivity contribution is 7.19. The maximum absolute atomic E-state index is 12.9. The zero-order valence-corrected chi connectivity index (χ0v) is 11.4. The number of carboxylic acid groups (broad SMARTS) is 1. The molecule has 0 spiro atoms. The van der Waals surface area contributed by atoms with Crippen molar-refractivity contribution < 1.29 is 14.3 Å². The van der Waals surface area contributed by atoms with E-state index in [2.05, 4.69) is 4.98 Å². The molecule has 2 heterocycles. The molecule has 3 rings (SSSR count). The van der Waals surface area contributed by atoms with Crippen LogP contribution in [0.15, 0.2) is 30.5 Å². The largest absolute Gasteiger partial charge is 0.477 e. The van der Waals surface area contributed by atoms with E-state index in [1.807, 2.05) is 6.92 Å². The average molecular weight is 290 g/mol. The summed E-state index contributed by atoms with van der Waals surface area (Å²) in [5.74, 6) is -1.22. The topological polar surface area (TPSA) is 54.6 Å². The Morgan fingerprint density at radius 2 is 2.10 bits per heavy atom. The summed E-state index contributed by atoms with van der Waals surface area (Å²) in [5.41, 5.74) is 2.25. The summed E-state index contributed by atoms with van der Waals surface area (Å²) in [6, 6.07) is 6.08. The first kappa shape index (κ1) is 12.8. The number of aromatic nitrogens is 2. The Morgan fingerprint density at radius 1 is 1.40 bits per heavy atom. The number of aromatic carboxylic acids is 1. The van der Waals surface area contributed by atoms with Gasteiger partial charge in [0.05, 0.1) is 5.69 Å². The number of fused-ring (bicyclic) bond motifs is 1. The van der Waals surface area contributed by atoms with Gasteiger partial charge in [-0.2, -0.15) is 0 Å². The van der Waals surface area contributed by atoms with Gasteiger partial charge in [-0.15, -0.1) is 0 Å². The number of aryl methyl sites for hydroxylation is 1. The SMILES string of the molecule is CCc1c(C(=O)O)sc2nc(-c3ccc(F)cc3)cn12. The number of carboxylic acids is 1. The summed E-state index contributed by atoms with van der Waals surface area (Å²) < 4.78 is 14.7. The molecule has 0 saturated heterocycles. The lowest BCUT2D eigenvalue weighted by Gasteiger charge is -1.97. The summed E-state index contributed by atoms with van der Waals surface area (Å²) in [6.45, 7) is 1.91. The van der Waals surface area contributed by atoms with Crippen molar-refractivity contribution in [2.45, 2.75) is 13.3 Å². The van der Waals surface area contributed by atoms with Crippen molar-refractivity contribution in [3.8, 4) is 11.3 Å². The standard InChI is InChI=1S/C14H11FN2O2S/c1-2-11-12(13(18)19)20-14-16-10(7-17(11)14)8-3-5-9(15)6-4-8/h3-7H,2H2,1H3,(H,18,19). The second kappa shape index (κ2) is 4.72. The van der Waals surface area contributed by atoms with Gasteiger partial charge in [0.2, 0.25) is 0 Å². The van der Waals surface area contributed by atoms with Crippen LogP contribution in [-0.4, -0.2) is 20.5 Å². The molecule has 102 valence electrons. The molecule has 20 heavy (non-hydrogen) atoms. The van der Waals surface area contributed by atoms with E-state index in [9.17, 15) is 9.18 Å². The fourth-order valence-electron chi connectivity index (χ4n) is 2.15. The molecular weight excluding hydrogens is 279 g/mol. The van der Waals surface area contributed by atoms with Crippen molar-refractivity contribution in [2.24, 2.45) is 0 Å². The molecule has 0 amide bonds. The van der Waals surface area contributed by atoms with Crippen molar-refractivity contribution in [3.05, 3.63) is 46.9 Å². The Hall–Kier alpha value is -2.21. The number of rotatable bonds is 3. The highest BCUT2D eigenvalue weighted by atomic mass is 32.1. The third-order valence-corrected chi connectivity index (χ3v) is 4.17. The zero-order chi connectivity index (χ0) is 14.3. The molecule has 0 aliphatic rings.